The number of aromatic hydroxyl groups is 1. The molecule has 0 radical (unpaired) electrons. The second kappa shape index (κ2) is 2.65. The topological polar surface area (TPSA) is 105 Å². The summed E-state index contributed by atoms with van der Waals surface area (Å²) in [6.07, 6.45) is 0. The maximum atomic E-state index is 9.05. The summed E-state index contributed by atoms with van der Waals surface area (Å²) < 4.78 is 4.54. The van der Waals surface area contributed by atoms with Gasteiger partial charge in [-0.25, -0.2) is 0 Å². The molecule has 0 amide bonds. The lowest BCUT2D eigenvalue weighted by molar-refractivity contribution is 0.450. The van der Waals surface area contributed by atoms with E-state index < -0.39 is 11.5 Å². The maximum Gasteiger partial charge on any atom is 0.248 e. The summed E-state index contributed by atoms with van der Waals surface area (Å²) in [6.45, 7) is 0. The number of rotatable bonds is 0. The van der Waals surface area contributed by atoms with Crippen molar-refractivity contribution in [1.82, 2.24) is 0 Å². The first-order chi connectivity index (χ1) is 5.74. The van der Waals surface area contributed by atoms with Gasteiger partial charge >= 0.3 is 0 Å². The monoisotopic (exact) mass is 159 g/mol. The van der Waals surface area contributed by atoms with Crippen LogP contribution in [0.4, 0.5) is 0 Å². The van der Waals surface area contributed by atoms with Crippen LogP contribution in [-0.4, -0.2) is 5.11 Å². The third kappa shape index (κ3) is 0.847. The summed E-state index contributed by atoms with van der Waals surface area (Å²) in [5.74, 6) is -1.33. The molecule has 0 fully saturated rings. The summed E-state index contributed by atoms with van der Waals surface area (Å²) in [6, 6.07) is 4.60. The average Bonchev–Trinajstić information content (AvgIpc) is 2.41. The molecule has 0 aliphatic heterocycles. The highest BCUT2D eigenvalue weighted by molar-refractivity contribution is 5.54. The van der Waals surface area contributed by atoms with Gasteiger partial charge in [0.1, 0.15) is 18.2 Å². The summed E-state index contributed by atoms with van der Waals surface area (Å²) in [4.78, 5) is 0. The summed E-state index contributed by atoms with van der Waals surface area (Å²) in [7, 11) is 0. The van der Waals surface area contributed by atoms with E-state index in [0.717, 1.165) is 0 Å². The van der Waals surface area contributed by atoms with Crippen molar-refractivity contribution in [3.63, 3.8) is 0 Å². The van der Waals surface area contributed by atoms with E-state index >= 15 is 0 Å². The summed E-state index contributed by atoms with van der Waals surface area (Å²) in [5, 5.41) is 34.2. The first-order valence-corrected chi connectivity index (χ1v) is 2.80. The van der Waals surface area contributed by atoms with Gasteiger partial charge in [0.05, 0.1) is 0 Å². The third-order valence-electron chi connectivity index (χ3n) is 1.20. The molecule has 0 atom stereocenters. The minimum Gasteiger partial charge on any atom is -0.503 e. The lowest BCUT2D eigenvalue weighted by Crippen LogP contribution is -1.73. The van der Waals surface area contributed by atoms with Gasteiger partial charge < -0.3 is 9.52 Å². The Labute approximate surface area is 67.3 Å². The van der Waals surface area contributed by atoms with E-state index in [-0.39, 0.29) is 11.3 Å². The Morgan fingerprint density at radius 2 is 1.58 bits per heavy atom. The van der Waals surface area contributed by atoms with Crippen molar-refractivity contribution < 1.29 is 9.52 Å². The molecule has 0 spiro atoms. The maximum absolute atomic E-state index is 9.05. The minimum absolute atomic E-state index is 0.297. The Balaban J connectivity index is 3.51. The van der Waals surface area contributed by atoms with E-state index in [1.54, 1.807) is 12.1 Å². The number of nitrogens with zero attached hydrogens (tertiary/aromatic N) is 3. The zero-order chi connectivity index (χ0) is 9.14. The van der Waals surface area contributed by atoms with Crippen molar-refractivity contribution >= 4 is 0 Å². The molecule has 1 N–H and O–H groups in total. The van der Waals surface area contributed by atoms with Crippen LogP contribution in [0.1, 0.15) is 17.1 Å². The van der Waals surface area contributed by atoms with Gasteiger partial charge in [0.2, 0.25) is 11.5 Å². The Hall–Kier alpha value is -2.45. The summed E-state index contributed by atoms with van der Waals surface area (Å²) in [5.41, 5.74) is -0.297. The van der Waals surface area contributed by atoms with E-state index in [1.165, 1.54) is 6.07 Å². The molecule has 0 aliphatic rings. The van der Waals surface area contributed by atoms with Crippen molar-refractivity contribution in [3.05, 3.63) is 17.1 Å². The lowest BCUT2D eigenvalue weighted by atomic mass is 10.2. The number of nitriles is 3. The molecule has 56 valence electrons. The fourth-order valence-electron chi connectivity index (χ4n) is 0.681. The molecule has 0 unspecified atom stereocenters. The van der Waals surface area contributed by atoms with Gasteiger partial charge in [-0.15, -0.1) is 0 Å². The van der Waals surface area contributed by atoms with Crippen LogP contribution < -0.4 is 0 Å². The Kier molecular flexibility index (Phi) is 1.69. The predicted octanol–water partition coefficient (Wildman–Crippen LogP) is 0.600. The molecule has 0 aromatic carbocycles. The standard InChI is InChI=1S/C7HN3O2/c8-1-4-5(2-9)12-6(3-10)7(4)11/h11H. The van der Waals surface area contributed by atoms with Gasteiger partial charge in [0.15, 0.2) is 11.3 Å². The van der Waals surface area contributed by atoms with Gasteiger partial charge in [-0.05, 0) is 0 Å². The number of hydrogen-bond donors (Lipinski definition) is 1. The van der Waals surface area contributed by atoms with Crippen molar-refractivity contribution in [2.24, 2.45) is 0 Å². The van der Waals surface area contributed by atoms with Crippen molar-refractivity contribution in [2.45, 2.75) is 0 Å². The molecular formula is C7HN3O2. The average molecular weight is 159 g/mol. The van der Waals surface area contributed by atoms with Crippen molar-refractivity contribution in [3.8, 4) is 24.0 Å². The predicted molar refractivity (Wildman–Crippen MR) is 34.5 cm³/mol. The highest BCUT2D eigenvalue weighted by Gasteiger charge is 2.18. The molecule has 1 rings (SSSR count). The Morgan fingerprint density at radius 1 is 1.00 bits per heavy atom. The van der Waals surface area contributed by atoms with Crippen LogP contribution >= 0.6 is 0 Å². The van der Waals surface area contributed by atoms with Crippen LogP contribution in [0.3, 0.4) is 0 Å². The Bertz CT molecular complexity index is 439. The fourth-order valence-corrected chi connectivity index (χ4v) is 0.681. The largest absolute Gasteiger partial charge is 0.503 e. The minimum atomic E-state index is -0.573. The smallest absolute Gasteiger partial charge is 0.248 e. The van der Waals surface area contributed by atoms with Crippen LogP contribution in [0.15, 0.2) is 4.42 Å². The van der Waals surface area contributed by atoms with E-state index in [1.807, 2.05) is 0 Å². The van der Waals surface area contributed by atoms with Gasteiger partial charge in [-0.3, -0.25) is 0 Å². The van der Waals surface area contributed by atoms with Gasteiger partial charge in [0, 0.05) is 0 Å². The Morgan fingerprint density at radius 3 is 1.92 bits per heavy atom. The molecule has 1 aromatic rings. The normalized spacial score (nSPS) is 8.08. The van der Waals surface area contributed by atoms with Crippen LogP contribution in [0.5, 0.6) is 5.75 Å². The SMILES string of the molecule is N#Cc1oc(C#N)c(C#N)c1O. The number of furan rings is 1. The highest BCUT2D eigenvalue weighted by Crippen LogP contribution is 2.26. The van der Waals surface area contributed by atoms with E-state index in [0.29, 0.717) is 0 Å². The van der Waals surface area contributed by atoms with Crippen LogP contribution in [-0.2, 0) is 0 Å². The van der Waals surface area contributed by atoms with E-state index in [4.69, 9.17) is 20.9 Å². The quantitative estimate of drug-likeness (QED) is 0.596. The summed E-state index contributed by atoms with van der Waals surface area (Å²) >= 11 is 0. The molecular weight excluding hydrogens is 158 g/mol. The lowest BCUT2D eigenvalue weighted by Gasteiger charge is -1.79. The van der Waals surface area contributed by atoms with Gasteiger partial charge in [-0.1, -0.05) is 0 Å². The molecule has 1 heterocycles. The van der Waals surface area contributed by atoms with Gasteiger partial charge in [0.25, 0.3) is 0 Å². The fraction of sp³-hybridized carbons (Fsp3) is 0. The molecule has 1 aromatic heterocycles. The number of hydrogen-bond acceptors (Lipinski definition) is 5. The van der Waals surface area contributed by atoms with Crippen LogP contribution in [0.25, 0.3) is 0 Å². The zero-order valence-corrected chi connectivity index (χ0v) is 5.70. The first kappa shape index (κ1) is 7.65. The van der Waals surface area contributed by atoms with Crippen molar-refractivity contribution in [1.29, 1.82) is 15.8 Å². The molecule has 0 bridgehead atoms. The molecule has 5 nitrogen and oxygen atoms in total. The zero-order valence-electron chi connectivity index (χ0n) is 5.70. The second-order valence-electron chi connectivity index (χ2n) is 1.82. The second-order valence-corrected chi connectivity index (χ2v) is 1.82. The van der Waals surface area contributed by atoms with E-state index in [9.17, 15) is 0 Å². The molecule has 12 heavy (non-hydrogen) atoms. The molecule has 5 heteroatoms. The van der Waals surface area contributed by atoms with Gasteiger partial charge in [-0.2, -0.15) is 15.8 Å². The molecule has 0 saturated carbocycles. The van der Waals surface area contributed by atoms with E-state index in [2.05, 4.69) is 4.42 Å². The van der Waals surface area contributed by atoms with Crippen molar-refractivity contribution in [2.75, 3.05) is 0 Å². The van der Waals surface area contributed by atoms with Crippen LogP contribution in [0, 0.1) is 34.0 Å². The molecule has 0 saturated heterocycles. The molecule has 0 aliphatic carbocycles. The third-order valence-corrected chi connectivity index (χ3v) is 1.20. The first-order valence-electron chi connectivity index (χ1n) is 2.80. The highest BCUT2D eigenvalue weighted by atomic mass is 16.4. The van der Waals surface area contributed by atoms with Crippen LogP contribution in [0.2, 0.25) is 0 Å².